The minimum Gasteiger partial charge on any atom is -0.345 e. The maximum Gasteiger partial charge on any atom is 0.249 e. The Morgan fingerprint density at radius 1 is 1.08 bits per heavy atom. The molecule has 0 bridgehead atoms. The third-order valence-corrected chi connectivity index (χ3v) is 8.85. The normalized spacial score (nSPS) is 16.8. The number of piperazine rings is 1. The van der Waals surface area contributed by atoms with Crippen LogP contribution in [0.1, 0.15) is 0 Å². The summed E-state index contributed by atoms with van der Waals surface area (Å²) in [5.74, 6) is 0. The molecule has 1 aromatic carbocycles. The Morgan fingerprint density at radius 2 is 1.73 bits per heavy atom. The van der Waals surface area contributed by atoms with Crippen molar-refractivity contribution in [2.45, 2.75) is 9.10 Å². The SMILES string of the molecule is NS(=O)(=O)c1cnc(N2CCN(S(=O)(=O)c3cc(Cl)ccc3Cl)CC2)s1. The Bertz CT molecular complexity index is 1030. The van der Waals surface area contributed by atoms with Crippen molar-refractivity contribution in [3.8, 4) is 0 Å². The molecule has 0 amide bonds. The molecule has 3 rings (SSSR count). The number of aromatic nitrogens is 1. The van der Waals surface area contributed by atoms with E-state index in [0.29, 0.717) is 18.2 Å². The van der Waals surface area contributed by atoms with E-state index in [-0.39, 0.29) is 32.2 Å². The van der Waals surface area contributed by atoms with Crippen LogP contribution in [0.2, 0.25) is 10.0 Å². The molecule has 0 radical (unpaired) electrons. The van der Waals surface area contributed by atoms with Crippen molar-refractivity contribution in [2.24, 2.45) is 5.14 Å². The van der Waals surface area contributed by atoms with Gasteiger partial charge in [-0.25, -0.2) is 27.0 Å². The molecule has 1 fully saturated rings. The first kappa shape index (κ1) is 19.8. The summed E-state index contributed by atoms with van der Waals surface area (Å²) in [4.78, 5) is 5.83. The lowest BCUT2D eigenvalue weighted by Gasteiger charge is -2.33. The van der Waals surface area contributed by atoms with E-state index in [0.717, 1.165) is 11.3 Å². The summed E-state index contributed by atoms with van der Waals surface area (Å²) in [6.45, 7) is 1.12. The molecule has 1 aliphatic heterocycles. The van der Waals surface area contributed by atoms with E-state index in [1.54, 1.807) is 0 Å². The van der Waals surface area contributed by atoms with Crippen LogP contribution in [-0.2, 0) is 20.0 Å². The second-order valence-corrected chi connectivity index (χ2v) is 11.0. The van der Waals surface area contributed by atoms with Gasteiger partial charge in [-0.1, -0.05) is 34.5 Å². The summed E-state index contributed by atoms with van der Waals surface area (Å²) >= 11 is 12.9. The molecule has 1 aliphatic rings. The van der Waals surface area contributed by atoms with E-state index >= 15 is 0 Å². The van der Waals surface area contributed by atoms with E-state index < -0.39 is 20.0 Å². The van der Waals surface area contributed by atoms with Gasteiger partial charge in [-0.3, -0.25) is 0 Å². The van der Waals surface area contributed by atoms with Gasteiger partial charge < -0.3 is 4.90 Å². The fraction of sp³-hybridized carbons (Fsp3) is 0.308. The van der Waals surface area contributed by atoms with Crippen LogP contribution in [0.5, 0.6) is 0 Å². The van der Waals surface area contributed by atoms with Gasteiger partial charge in [0.2, 0.25) is 20.0 Å². The molecule has 0 unspecified atom stereocenters. The Morgan fingerprint density at radius 3 is 2.31 bits per heavy atom. The number of halogens is 2. The zero-order valence-corrected chi connectivity index (χ0v) is 17.1. The van der Waals surface area contributed by atoms with Crippen LogP contribution in [0.15, 0.2) is 33.5 Å². The van der Waals surface area contributed by atoms with Crippen LogP contribution < -0.4 is 10.0 Å². The summed E-state index contributed by atoms with van der Waals surface area (Å²) in [6, 6.07) is 4.29. The van der Waals surface area contributed by atoms with Crippen molar-refractivity contribution in [3.05, 3.63) is 34.4 Å². The Hall–Kier alpha value is -0.950. The molecular formula is C13H14Cl2N4O4S3. The zero-order chi connectivity index (χ0) is 19.1. The first-order valence-electron chi connectivity index (χ1n) is 7.28. The second kappa shape index (κ2) is 7.23. The average Bonchev–Trinajstić information content (AvgIpc) is 3.07. The Balaban J connectivity index is 1.76. The second-order valence-electron chi connectivity index (χ2n) is 5.47. The van der Waals surface area contributed by atoms with Crippen molar-refractivity contribution in [3.63, 3.8) is 0 Å². The van der Waals surface area contributed by atoms with E-state index in [4.69, 9.17) is 28.3 Å². The maximum absolute atomic E-state index is 12.8. The largest absolute Gasteiger partial charge is 0.345 e. The summed E-state index contributed by atoms with van der Waals surface area (Å²) in [5.41, 5.74) is 0. The number of nitrogens with two attached hydrogens (primary N) is 1. The van der Waals surface area contributed by atoms with Gasteiger partial charge in [-0.2, -0.15) is 4.31 Å². The quantitative estimate of drug-likeness (QED) is 0.746. The van der Waals surface area contributed by atoms with Crippen molar-refractivity contribution in [2.75, 3.05) is 31.1 Å². The fourth-order valence-electron chi connectivity index (χ4n) is 2.46. The fourth-order valence-corrected chi connectivity index (χ4v) is 6.21. The van der Waals surface area contributed by atoms with Crippen LogP contribution in [0.3, 0.4) is 0 Å². The number of benzene rings is 1. The van der Waals surface area contributed by atoms with Gasteiger partial charge in [0.25, 0.3) is 0 Å². The molecule has 142 valence electrons. The van der Waals surface area contributed by atoms with Crippen molar-refractivity contribution in [1.29, 1.82) is 0 Å². The van der Waals surface area contributed by atoms with E-state index in [1.165, 1.54) is 28.7 Å². The van der Waals surface area contributed by atoms with Gasteiger partial charge in [0.15, 0.2) is 9.34 Å². The van der Waals surface area contributed by atoms with Crippen molar-refractivity contribution in [1.82, 2.24) is 9.29 Å². The number of hydrogen-bond acceptors (Lipinski definition) is 7. The van der Waals surface area contributed by atoms with E-state index in [1.807, 2.05) is 4.90 Å². The lowest BCUT2D eigenvalue weighted by molar-refractivity contribution is 0.385. The van der Waals surface area contributed by atoms with Crippen LogP contribution in [0.25, 0.3) is 0 Å². The molecule has 0 saturated carbocycles. The first-order valence-corrected chi connectivity index (χ1v) is 11.8. The highest BCUT2D eigenvalue weighted by atomic mass is 35.5. The van der Waals surface area contributed by atoms with Crippen LogP contribution in [-0.4, -0.2) is 52.3 Å². The highest BCUT2D eigenvalue weighted by Gasteiger charge is 2.31. The first-order chi connectivity index (χ1) is 12.1. The predicted molar refractivity (Wildman–Crippen MR) is 101 cm³/mol. The van der Waals surface area contributed by atoms with Gasteiger partial charge in [-0.05, 0) is 18.2 Å². The summed E-state index contributed by atoms with van der Waals surface area (Å²) in [5, 5.41) is 5.95. The summed E-state index contributed by atoms with van der Waals surface area (Å²) < 4.78 is 49.6. The monoisotopic (exact) mass is 456 g/mol. The number of anilines is 1. The highest BCUT2D eigenvalue weighted by Crippen LogP contribution is 2.30. The van der Waals surface area contributed by atoms with Gasteiger partial charge in [0.05, 0.1) is 11.2 Å². The van der Waals surface area contributed by atoms with Gasteiger partial charge >= 0.3 is 0 Å². The predicted octanol–water partition coefficient (Wildman–Crippen LogP) is 1.61. The molecule has 1 aromatic heterocycles. The number of hydrogen-bond donors (Lipinski definition) is 1. The van der Waals surface area contributed by atoms with Gasteiger partial charge in [0.1, 0.15) is 4.90 Å². The van der Waals surface area contributed by atoms with Gasteiger partial charge in [-0.15, -0.1) is 0 Å². The highest BCUT2D eigenvalue weighted by molar-refractivity contribution is 7.91. The van der Waals surface area contributed by atoms with Crippen LogP contribution >= 0.6 is 34.5 Å². The standard InChI is InChI=1S/C13H14Cl2N4O4S3/c14-9-1-2-10(15)11(7-9)26(22,23)19-5-3-18(4-6-19)13-17-8-12(24-13)25(16,20)21/h1-2,7-8H,3-6H2,(H2,16,20,21). The Kier molecular flexibility index (Phi) is 5.50. The molecule has 2 heterocycles. The maximum atomic E-state index is 12.8. The zero-order valence-electron chi connectivity index (χ0n) is 13.2. The lowest BCUT2D eigenvalue weighted by atomic mass is 10.4. The number of rotatable bonds is 4. The average molecular weight is 457 g/mol. The molecule has 0 aliphatic carbocycles. The van der Waals surface area contributed by atoms with Gasteiger partial charge in [0, 0.05) is 31.2 Å². The molecular weight excluding hydrogens is 443 g/mol. The molecule has 2 N–H and O–H groups in total. The smallest absolute Gasteiger partial charge is 0.249 e. The molecule has 8 nitrogen and oxygen atoms in total. The third kappa shape index (κ3) is 3.98. The minimum absolute atomic E-state index is 0.0340. The molecule has 2 aromatic rings. The molecule has 1 saturated heterocycles. The number of sulfonamides is 2. The summed E-state index contributed by atoms with van der Waals surface area (Å²) in [7, 11) is -7.59. The number of primary sulfonamides is 1. The summed E-state index contributed by atoms with van der Waals surface area (Å²) in [6.07, 6.45) is 1.20. The molecule has 26 heavy (non-hydrogen) atoms. The lowest BCUT2D eigenvalue weighted by Crippen LogP contribution is -2.48. The Labute approximate surface area is 165 Å². The van der Waals surface area contributed by atoms with Crippen LogP contribution in [0.4, 0.5) is 5.13 Å². The van der Waals surface area contributed by atoms with E-state index in [9.17, 15) is 16.8 Å². The van der Waals surface area contributed by atoms with Crippen molar-refractivity contribution >= 4 is 59.7 Å². The van der Waals surface area contributed by atoms with E-state index in [2.05, 4.69) is 4.98 Å². The molecule has 0 atom stereocenters. The molecule has 0 spiro atoms. The number of thiazole rings is 1. The third-order valence-electron chi connectivity index (χ3n) is 3.77. The topological polar surface area (TPSA) is 114 Å². The minimum atomic E-state index is -3.80. The molecule has 13 heteroatoms. The van der Waals surface area contributed by atoms with Crippen molar-refractivity contribution < 1.29 is 16.8 Å². The van der Waals surface area contributed by atoms with Crippen LogP contribution in [0, 0.1) is 0 Å². The number of nitrogens with zero attached hydrogens (tertiary/aromatic N) is 3.